The maximum absolute atomic E-state index is 12.9. The summed E-state index contributed by atoms with van der Waals surface area (Å²) >= 11 is 12.0. The molecule has 1 atom stereocenters. The van der Waals surface area contributed by atoms with Gasteiger partial charge in [-0.25, -0.2) is 4.39 Å². The highest BCUT2D eigenvalue weighted by Gasteiger charge is 2.13. The third-order valence-corrected chi connectivity index (χ3v) is 4.35. The standard InChI is InChI=1S/C18H14Cl2FN3O2/c19-12-3-7-14(8-4-12)24-18(26)17(20)15(9-23-24)22-10-16(25)11-1-5-13(21)6-2-11/h1-9,16,22,25H,10H2. The summed E-state index contributed by atoms with van der Waals surface area (Å²) in [6.45, 7) is 0.0808. The van der Waals surface area contributed by atoms with Gasteiger partial charge in [-0.1, -0.05) is 35.3 Å². The van der Waals surface area contributed by atoms with Gasteiger partial charge in [-0.15, -0.1) is 0 Å². The Hall–Kier alpha value is -2.41. The Labute approximate surface area is 158 Å². The van der Waals surface area contributed by atoms with Gasteiger partial charge in [0.2, 0.25) is 0 Å². The van der Waals surface area contributed by atoms with Gasteiger partial charge in [-0.05, 0) is 42.0 Å². The number of aromatic nitrogens is 2. The first-order valence-corrected chi connectivity index (χ1v) is 8.42. The molecule has 3 aromatic rings. The zero-order chi connectivity index (χ0) is 18.7. The molecule has 0 spiro atoms. The molecule has 134 valence electrons. The molecule has 2 N–H and O–H groups in total. The molecule has 0 aliphatic rings. The van der Waals surface area contributed by atoms with Crippen LogP contribution < -0.4 is 10.9 Å². The molecule has 3 rings (SSSR count). The van der Waals surface area contributed by atoms with Crippen molar-refractivity contribution < 1.29 is 9.50 Å². The summed E-state index contributed by atoms with van der Waals surface area (Å²) in [7, 11) is 0. The lowest BCUT2D eigenvalue weighted by molar-refractivity contribution is 0.191. The predicted octanol–water partition coefficient (Wildman–Crippen LogP) is 3.82. The van der Waals surface area contributed by atoms with E-state index in [4.69, 9.17) is 23.2 Å². The predicted molar refractivity (Wildman–Crippen MR) is 99.7 cm³/mol. The third kappa shape index (κ3) is 4.04. The summed E-state index contributed by atoms with van der Waals surface area (Å²) in [4.78, 5) is 12.4. The van der Waals surface area contributed by atoms with Crippen LogP contribution in [0.25, 0.3) is 5.69 Å². The first-order valence-electron chi connectivity index (χ1n) is 7.67. The number of hydrogen-bond donors (Lipinski definition) is 2. The molecule has 0 saturated heterocycles. The highest BCUT2D eigenvalue weighted by molar-refractivity contribution is 6.33. The number of benzene rings is 2. The molecule has 26 heavy (non-hydrogen) atoms. The maximum atomic E-state index is 12.9. The van der Waals surface area contributed by atoms with Crippen molar-refractivity contribution in [2.45, 2.75) is 6.10 Å². The zero-order valence-electron chi connectivity index (χ0n) is 13.4. The number of aliphatic hydroxyl groups is 1. The minimum atomic E-state index is -0.898. The summed E-state index contributed by atoms with van der Waals surface area (Å²) in [5.41, 5.74) is 0.856. The van der Waals surface area contributed by atoms with Gasteiger partial charge in [0.1, 0.15) is 10.8 Å². The molecule has 0 aliphatic heterocycles. The summed E-state index contributed by atoms with van der Waals surface area (Å²) in [6.07, 6.45) is 0.501. The van der Waals surface area contributed by atoms with E-state index in [-0.39, 0.29) is 17.4 Å². The van der Waals surface area contributed by atoms with Crippen molar-refractivity contribution in [1.29, 1.82) is 0 Å². The van der Waals surface area contributed by atoms with Gasteiger partial charge in [0, 0.05) is 11.6 Å². The fourth-order valence-electron chi connectivity index (χ4n) is 2.33. The van der Waals surface area contributed by atoms with Gasteiger partial charge in [0.25, 0.3) is 5.56 Å². The molecule has 0 aliphatic carbocycles. The summed E-state index contributed by atoms with van der Waals surface area (Å²) in [6, 6.07) is 12.1. The maximum Gasteiger partial charge on any atom is 0.292 e. The van der Waals surface area contributed by atoms with Gasteiger partial charge in [-0.3, -0.25) is 4.79 Å². The van der Waals surface area contributed by atoms with Crippen molar-refractivity contribution in [2.24, 2.45) is 0 Å². The van der Waals surface area contributed by atoms with Crippen molar-refractivity contribution in [3.8, 4) is 5.69 Å². The van der Waals surface area contributed by atoms with Gasteiger partial charge in [0.05, 0.1) is 23.7 Å². The van der Waals surface area contributed by atoms with Crippen molar-refractivity contribution >= 4 is 28.9 Å². The third-order valence-electron chi connectivity index (χ3n) is 3.73. The highest BCUT2D eigenvalue weighted by atomic mass is 35.5. The van der Waals surface area contributed by atoms with Crippen LogP contribution in [0.15, 0.2) is 59.5 Å². The minimum absolute atomic E-state index is 0.0544. The Morgan fingerprint density at radius 1 is 1.12 bits per heavy atom. The van der Waals surface area contributed by atoms with Crippen LogP contribution >= 0.6 is 23.2 Å². The number of aliphatic hydroxyl groups excluding tert-OH is 1. The van der Waals surface area contributed by atoms with E-state index in [1.165, 1.54) is 30.5 Å². The summed E-state index contributed by atoms with van der Waals surface area (Å²) < 4.78 is 14.1. The molecule has 0 bridgehead atoms. The number of nitrogens with one attached hydrogen (secondary N) is 1. The Kier molecular flexibility index (Phi) is 5.56. The molecule has 0 amide bonds. The smallest absolute Gasteiger partial charge is 0.292 e. The number of halogens is 3. The van der Waals surface area contributed by atoms with Crippen LogP contribution in [0.1, 0.15) is 11.7 Å². The lowest BCUT2D eigenvalue weighted by Gasteiger charge is -2.14. The number of anilines is 1. The van der Waals surface area contributed by atoms with Crippen molar-refractivity contribution in [3.63, 3.8) is 0 Å². The fourth-order valence-corrected chi connectivity index (χ4v) is 2.65. The van der Waals surface area contributed by atoms with Crippen molar-refractivity contribution in [3.05, 3.63) is 86.5 Å². The van der Waals surface area contributed by atoms with Crippen LogP contribution in [0, 0.1) is 5.82 Å². The lowest BCUT2D eigenvalue weighted by atomic mass is 10.1. The van der Waals surface area contributed by atoms with Crippen LogP contribution in [0.5, 0.6) is 0 Å². The Morgan fingerprint density at radius 3 is 2.42 bits per heavy atom. The van der Waals surface area contributed by atoms with E-state index in [1.54, 1.807) is 24.3 Å². The van der Waals surface area contributed by atoms with Crippen LogP contribution in [-0.2, 0) is 0 Å². The Bertz CT molecular complexity index is 960. The number of nitrogens with zero attached hydrogens (tertiary/aromatic N) is 2. The highest BCUT2D eigenvalue weighted by Crippen LogP contribution is 2.20. The quantitative estimate of drug-likeness (QED) is 0.691. The van der Waals surface area contributed by atoms with Crippen LogP contribution in [0.3, 0.4) is 0 Å². The minimum Gasteiger partial charge on any atom is -0.387 e. The lowest BCUT2D eigenvalue weighted by Crippen LogP contribution is -2.23. The molecular formula is C18H14Cl2FN3O2. The van der Waals surface area contributed by atoms with Crippen LogP contribution in [0.4, 0.5) is 10.1 Å². The zero-order valence-corrected chi connectivity index (χ0v) is 14.9. The molecule has 1 aromatic heterocycles. The largest absolute Gasteiger partial charge is 0.387 e. The first-order chi connectivity index (χ1) is 12.5. The van der Waals surface area contributed by atoms with E-state index in [1.807, 2.05) is 0 Å². The normalized spacial score (nSPS) is 12.0. The molecule has 0 radical (unpaired) electrons. The van der Waals surface area contributed by atoms with E-state index in [0.29, 0.717) is 22.0 Å². The van der Waals surface area contributed by atoms with Crippen LogP contribution in [0.2, 0.25) is 10.0 Å². The second-order valence-corrected chi connectivity index (χ2v) is 6.33. The molecular weight excluding hydrogens is 380 g/mol. The van der Waals surface area contributed by atoms with Gasteiger partial charge in [0.15, 0.2) is 0 Å². The second kappa shape index (κ2) is 7.86. The van der Waals surface area contributed by atoms with E-state index in [9.17, 15) is 14.3 Å². The molecule has 8 heteroatoms. The van der Waals surface area contributed by atoms with Gasteiger partial charge < -0.3 is 10.4 Å². The molecule has 2 aromatic carbocycles. The first kappa shape index (κ1) is 18.4. The Balaban J connectivity index is 1.77. The number of rotatable bonds is 5. The fraction of sp³-hybridized carbons (Fsp3) is 0.111. The molecule has 1 heterocycles. The second-order valence-electron chi connectivity index (χ2n) is 5.51. The Morgan fingerprint density at radius 2 is 1.77 bits per heavy atom. The van der Waals surface area contributed by atoms with Crippen molar-refractivity contribution in [2.75, 3.05) is 11.9 Å². The van der Waals surface area contributed by atoms with Gasteiger partial charge in [-0.2, -0.15) is 9.78 Å². The summed E-state index contributed by atoms with van der Waals surface area (Å²) in [5.74, 6) is -0.382. The monoisotopic (exact) mass is 393 g/mol. The van der Waals surface area contributed by atoms with E-state index in [2.05, 4.69) is 10.4 Å². The summed E-state index contributed by atoms with van der Waals surface area (Å²) in [5, 5.41) is 17.6. The van der Waals surface area contributed by atoms with Crippen molar-refractivity contribution in [1.82, 2.24) is 9.78 Å². The average Bonchev–Trinajstić information content (AvgIpc) is 2.64. The molecule has 5 nitrogen and oxygen atoms in total. The topological polar surface area (TPSA) is 67.2 Å². The van der Waals surface area contributed by atoms with Crippen LogP contribution in [-0.4, -0.2) is 21.4 Å². The van der Waals surface area contributed by atoms with E-state index < -0.39 is 11.7 Å². The average molecular weight is 394 g/mol. The molecule has 0 saturated carbocycles. The van der Waals surface area contributed by atoms with E-state index in [0.717, 1.165) is 4.68 Å². The van der Waals surface area contributed by atoms with Gasteiger partial charge >= 0.3 is 0 Å². The SMILES string of the molecule is O=c1c(Cl)c(NCC(O)c2ccc(F)cc2)cnn1-c1ccc(Cl)cc1. The molecule has 1 unspecified atom stereocenters. The number of hydrogen-bond acceptors (Lipinski definition) is 4. The van der Waals surface area contributed by atoms with E-state index >= 15 is 0 Å². The molecule has 0 fully saturated rings.